The smallest absolute Gasteiger partial charge is 0.0940 e. The van der Waals surface area contributed by atoms with Gasteiger partial charge < -0.3 is 19.7 Å². The first-order valence-corrected chi connectivity index (χ1v) is 6.23. The maximum atomic E-state index is 9.79. The van der Waals surface area contributed by atoms with Gasteiger partial charge in [0.1, 0.15) is 0 Å². The summed E-state index contributed by atoms with van der Waals surface area (Å²) >= 11 is 0. The molecule has 1 aliphatic heterocycles. The lowest BCUT2D eigenvalue weighted by Crippen LogP contribution is -2.55. The molecule has 1 rings (SSSR count). The molecule has 0 bridgehead atoms. The summed E-state index contributed by atoms with van der Waals surface area (Å²) in [5.41, 5.74) is -0.281. The van der Waals surface area contributed by atoms with Crippen LogP contribution in [-0.4, -0.2) is 72.4 Å². The van der Waals surface area contributed by atoms with E-state index in [-0.39, 0.29) is 18.3 Å². The molecular formula is C12H25NO4. The van der Waals surface area contributed by atoms with Gasteiger partial charge in [-0.3, -0.25) is 4.90 Å². The van der Waals surface area contributed by atoms with Crippen molar-refractivity contribution in [3.63, 3.8) is 0 Å². The fourth-order valence-electron chi connectivity index (χ4n) is 2.26. The van der Waals surface area contributed by atoms with Crippen molar-refractivity contribution in [2.45, 2.75) is 38.6 Å². The maximum absolute atomic E-state index is 9.79. The minimum absolute atomic E-state index is 0.0154. The summed E-state index contributed by atoms with van der Waals surface area (Å²) in [6.45, 7) is 8.86. The summed E-state index contributed by atoms with van der Waals surface area (Å²) in [4.78, 5) is 2.12. The lowest BCUT2D eigenvalue weighted by molar-refractivity contribution is -0.154. The third kappa shape index (κ3) is 5.31. The molecule has 5 heteroatoms. The van der Waals surface area contributed by atoms with E-state index in [0.717, 1.165) is 6.54 Å². The van der Waals surface area contributed by atoms with Crippen molar-refractivity contribution >= 4 is 0 Å². The molecule has 0 aliphatic carbocycles. The normalized spacial score (nSPS) is 27.0. The molecule has 0 aromatic rings. The molecule has 102 valence electrons. The SMILES string of the molecule is CCOCC(O)CN1CC(CO)OC(C)(C)C1. The number of nitrogens with zero attached hydrogens (tertiary/aromatic N) is 1. The predicted molar refractivity (Wildman–Crippen MR) is 65.0 cm³/mol. The van der Waals surface area contributed by atoms with Gasteiger partial charge in [0.2, 0.25) is 0 Å². The quantitative estimate of drug-likeness (QED) is 0.684. The second kappa shape index (κ2) is 6.66. The van der Waals surface area contributed by atoms with E-state index >= 15 is 0 Å². The molecule has 0 aromatic carbocycles. The Bertz CT molecular complexity index is 223. The Hall–Kier alpha value is -0.200. The van der Waals surface area contributed by atoms with E-state index < -0.39 is 6.10 Å². The zero-order valence-corrected chi connectivity index (χ0v) is 11.1. The highest BCUT2D eigenvalue weighted by Crippen LogP contribution is 2.20. The molecule has 0 amide bonds. The molecule has 2 unspecified atom stereocenters. The Morgan fingerprint density at radius 1 is 1.53 bits per heavy atom. The molecule has 1 fully saturated rings. The number of rotatable bonds is 6. The van der Waals surface area contributed by atoms with Gasteiger partial charge in [0.25, 0.3) is 0 Å². The molecule has 2 N–H and O–H groups in total. The number of morpholine rings is 1. The summed E-state index contributed by atoms with van der Waals surface area (Å²) in [5.74, 6) is 0. The molecule has 0 radical (unpaired) electrons. The van der Waals surface area contributed by atoms with Crippen LogP contribution in [0.1, 0.15) is 20.8 Å². The Morgan fingerprint density at radius 2 is 2.24 bits per heavy atom. The number of β-amino-alcohol motifs (C(OH)–C–C–N with tert-alkyl or cyclic N) is 1. The molecule has 2 atom stereocenters. The van der Waals surface area contributed by atoms with Crippen molar-refractivity contribution in [2.75, 3.05) is 39.5 Å². The number of aliphatic hydroxyl groups is 2. The summed E-state index contributed by atoms with van der Waals surface area (Å²) in [6.07, 6.45) is -0.652. The zero-order chi connectivity index (χ0) is 12.9. The van der Waals surface area contributed by atoms with Crippen LogP contribution < -0.4 is 0 Å². The van der Waals surface area contributed by atoms with E-state index in [1.165, 1.54) is 0 Å². The molecule has 17 heavy (non-hydrogen) atoms. The van der Waals surface area contributed by atoms with Crippen LogP contribution >= 0.6 is 0 Å². The van der Waals surface area contributed by atoms with Gasteiger partial charge in [-0.05, 0) is 20.8 Å². The molecule has 0 spiro atoms. The predicted octanol–water partition coefficient (Wildman–Crippen LogP) is -0.144. The van der Waals surface area contributed by atoms with E-state index in [9.17, 15) is 10.2 Å². The van der Waals surface area contributed by atoms with E-state index in [0.29, 0.717) is 26.3 Å². The molecule has 1 heterocycles. The fraction of sp³-hybridized carbons (Fsp3) is 1.00. The molecule has 0 saturated carbocycles. The van der Waals surface area contributed by atoms with Crippen LogP contribution in [0.4, 0.5) is 0 Å². The largest absolute Gasteiger partial charge is 0.394 e. The first-order chi connectivity index (χ1) is 7.96. The third-order valence-corrected chi connectivity index (χ3v) is 2.74. The topological polar surface area (TPSA) is 62.2 Å². The van der Waals surface area contributed by atoms with Crippen LogP contribution in [0.2, 0.25) is 0 Å². The third-order valence-electron chi connectivity index (χ3n) is 2.74. The average molecular weight is 247 g/mol. The van der Waals surface area contributed by atoms with Gasteiger partial charge in [-0.2, -0.15) is 0 Å². The molecule has 5 nitrogen and oxygen atoms in total. The Kier molecular flexibility index (Phi) is 5.82. The van der Waals surface area contributed by atoms with Crippen molar-refractivity contribution in [3.05, 3.63) is 0 Å². The number of aliphatic hydroxyl groups excluding tert-OH is 2. The lowest BCUT2D eigenvalue weighted by Gasteiger charge is -2.42. The van der Waals surface area contributed by atoms with Gasteiger partial charge in [-0.15, -0.1) is 0 Å². The van der Waals surface area contributed by atoms with Crippen LogP contribution in [0.25, 0.3) is 0 Å². The fourth-order valence-corrected chi connectivity index (χ4v) is 2.26. The van der Waals surface area contributed by atoms with Gasteiger partial charge >= 0.3 is 0 Å². The second-order valence-electron chi connectivity index (χ2n) is 5.19. The average Bonchev–Trinajstić information content (AvgIpc) is 2.24. The van der Waals surface area contributed by atoms with Gasteiger partial charge in [-0.25, -0.2) is 0 Å². The Labute approximate surface area is 103 Å². The van der Waals surface area contributed by atoms with Crippen LogP contribution in [0.3, 0.4) is 0 Å². The van der Waals surface area contributed by atoms with Crippen LogP contribution in [0.15, 0.2) is 0 Å². The van der Waals surface area contributed by atoms with Gasteiger partial charge in [0, 0.05) is 26.2 Å². The van der Waals surface area contributed by atoms with E-state index in [1.807, 2.05) is 20.8 Å². The maximum Gasteiger partial charge on any atom is 0.0940 e. The molecule has 0 aromatic heterocycles. The summed E-state index contributed by atoms with van der Waals surface area (Å²) in [5, 5.41) is 19.0. The second-order valence-corrected chi connectivity index (χ2v) is 5.19. The first-order valence-electron chi connectivity index (χ1n) is 6.23. The van der Waals surface area contributed by atoms with E-state index in [1.54, 1.807) is 0 Å². The number of hydrogen-bond donors (Lipinski definition) is 2. The zero-order valence-electron chi connectivity index (χ0n) is 11.1. The van der Waals surface area contributed by atoms with Gasteiger partial charge in [0.05, 0.1) is 31.0 Å². The Morgan fingerprint density at radius 3 is 2.82 bits per heavy atom. The molecule has 1 saturated heterocycles. The number of ether oxygens (including phenoxy) is 2. The highest BCUT2D eigenvalue weighted by Gasteiger charge is 2.33. The minimum atomic E-state index is -0.483. The monoisotopic (exact) mass is 247 g/mol. The van der Waals surface area contributed by atoms with Gasteiger partial charge in [0.15, 0.2) is 0 Å². The summed E-state index contributed by atoms with van der Waals surface area (Å²) in [7, 11) is 0. The summed E-state index contributed by atoms with van der Waals surface area (Å²) < 4.78 is 10.9. The highest BCUT2D eigenvalue weighted by molar-refractivity contribution is 4.84. The first kappa shape index (κ1) is 14.9. The molecular weight excluding hydrogens is 222 g/mol. The van der Waals surface area contributed by atoms with Crippen molar-refractivity contribution in [2.24, 2.45) is 0 Å². The Balaban J connectivity index is 2.41. The summed E-state index contributed by atoms with van der Waals surface area (Å²) in [6, 6.07) is 0. The van der Waals surface area contributed by atoms with Crippen LogP contribution in [-0.2, 0) is 9.47 Å². The standard InChI is InChI=1S/C12H25NO4/c1-4-16-8-10(15)5-13-6-11(7-14)17-12(2,3)9-13/h10-11,14-15H,4-9H2,1-3H3. The van der Waals surface area contributed by atoms with Crippen molar-refractivity contribution < 1.29 is 19.7 Å². The van der Waals surface area contributed by atoms with Crippen molar-refractivity contribution in [1.82, 2.24) is 4.90 Å². The van der Waals surface area contributed by atoms with Crippen LogP contribution in [0, 0.1) is 0 Å². The van der Waals surface area contributed by atoms with E-state index in [2.05, 4.69) is 4.90 Å². The van der Waals surface area contributed by atoms with Crippen molar-refractivity contribution in [1.29, 1.82) is 0 Å². The van der Waals surface area contributed by atoms with Crippen molar-refractivity contribution in [3.8, 4) is 0 Å². The minimum Gasteiger partial charge on any atom is -0.394 e. The van der Waals surface area contributed by atoms with Gasteiger partial charge in [-0.1, -0.05) is 0 Å². The highest BCUT2D eigenvalue weighted by atomic mass is 16.5. The molecule has 1 aliphatic rings. The van der Waals surface area contributed by atoms with E-state index in [4.69, 9.17) is 9.47 Å². The van der Waals surface area contributed by atoms with Crippen LogP contribution in [0.5, 0.6) is 0 Å². The number of hydrogen-bond acceptors (Lipinski definition) is 5. The lowest BCUT2D eigenvalue weighted by atomic mass is 10.0.